The van der Waals surface area contributed by atoms with E-state index < -0.39 is 0 Å². The van der Waals surface area contributed by atoms with Crippen molar-refractivity contribution in [2.45, 2.75) is 0 Å². The van der Waals surface area contributed by atoms with E-state index in [4.69, 9.17) is 26.3 Å². The second-order valence-corrected chi connectivity index (χ2v) is 9.16. The molecule has 6 heteroatoms. The van der Waals surface area contributed by atoms with E-state index in [1.54, 1.807) is 0 Å². The first-order chi connectivity index (χ1) is 17.7. The van der Waals surface area contributed by atoms with Gasteiger partial charge in [-0.1, -0.05) is 54.1 Å². The lowest BCUT2D eigenvalue weighted by Crippen LogP contribution is -2.47. The summed E-state index contributed by atoms with van der Waals surface area (Å²) >= 11 is 6.45. The number of hydrogen-bond acceptors (Lipinski definition) is 5. The minimum Gasteiger partial charge on any atom is -0.457 e. The molecule has 178 valence electrons. The van der Waals surface area contributed by atoms with Crippen molar-refractivity contribution >= 4 is 34.0 Å². The van der Waals surface area contributed by atoms with E-state index in [1.807, 2.05) is 84.9 Å². The van der Waals surface area contributed by atoms with Gasteiger partial charge < -0.3 is 14.5 Å². The third-order valence-electron chi connectivity index (χ3n) is 6.45. The van der Waals surface area contributed by atoms with Gasteiger partial charge >= 0.3 is 0 Å². The molecule has 5 nitrogen and oxygen atoms in total. The van der Waals surface area contributed by atoms with Crippen molar-refractivity contribution in [1.82, 2.24) is 9.97 Å². The number of hydrogen-bond donors (Lipinski definition) is 0. The van der Waals surface area contributed by atoms with Gasteiger partial charge in [0.2, 0.25) is 0 Å². The molecular formula is C30H25ClN4O. The van der Waals surface area contributed by atoms with E-state index in [0.29, 0.717) is 5.82 Å². The van der Waals surface area contributed by atoms with Crippen LogP contribution in [0.25, 0.3) is 22.3 Å². The number of ether oxygens (including phenoxy) is 1. The van der Waals surface area contributed by atoms with Crippen molar-refractivity contribution in [3.8, 4) is 22.9 Å². The van der Waals surface area contributed by atoms with Gasteiger partial charge in [0.1, 0.15) is 17.3 Å². The molecule has 1 saturated heterocycles. The van der Waals surface area contributed by atoms with Gasteiger partial charge in [-0.2, -0.15) is 0 Å². The fourth-order valence-corrected chi connectivity index (χ4v) is 4.85. The number of halogens is 1. The average molecular weight is 493 g/mol. The molecule has 0 N–H and O–H groups in total. The number of rotatable bonds is 5. The predicted octanol–water partition coefficient (Wildman–Crippen LogP) is 7.07. The van der Waals surface area contributed by atoms with Crippen LogP contribution in [0.1, 0.15) is 0 Å². The van der Waals surface area contributed by atoms with E-state index in [0.717, 1.165) is 70.7 Å². The van der Waals surface area contributed by atoms with Gasteiger partial charge in [-0.15, -0.1) is 0 Å². The monoisotopic (exact) mass is 492 g/mol. The lowest BCUT2D eigenvalue weighted by molar-refractivity contribution is 0.483. The molecule has 36 heavy (non-hydrogen) atoms. The molecule has 1 aromatic heterocycles. The van der Waals surface area contributed by atoms with E-state index >= 15 is 0 Å². The van der Waals surface area contributed by atoms with Crippen molar-refractivity contribution in [2.75, 3.05) is 36.0 Å². The van der Waals surface area contributed by atoms with Crippen LogP contribution in [0.4, 0.5) is 11.5 Å². The number of anilines is 2. The maximum Gasteiger partial charge on any atom is 0.162 e. The molecule has 0 bridgehead atoms. The quantitative estimate of drug-likeness (QED) is 0.262. The number of fused-ring (bicyclic) bond motifs is 1. The summed E-state index contributed by atoms with van der Waals surface area (Å²) in [6.07, 6.45) is 0. The van der Waals surface area contributed by atoms with Crippen LogP contribution in [0.3, 0.4) is 0 Å². The van der Waals surface area contributed by atoms with Gasteiger partial charge in [0, 0.05) is 37.1 Å². The minimum atomic E-state index is 0.712. The topological polar surface area (TPSA) is 41.5 Å². The van der Waals surface area contributed by atoms with Crippen LogP contribution < -0.4 is 14.5 Å². The zero-order valence-electron chi connectivity index (χ0n) is 19.7. The predicted molar refractivity (Wildman–Crippen MR) is 147 cm³/mol. The number of aromatic nitrogens is 2. The number of benzene rings is 4. The molecule has 0 radical (unpaired) electrons. The molecule has 2 heterocycles. The van der Waals surface area contributed by atoms with Crippen molar-refractivity contribution in [1.29, 1.82) is 0 Å². The van der Waals surface area contributed by atoms with Crippen molar-refractivity contribution < 1.29 is 4.74 Å². The van der Waals surface area contributed by atoms with Gasteiger partial charge in [0.25, 0.3) is 0 Å². The summed E-state index contributed by atoms with van der Waals surface area (Å²) in [5.41, 5.74) is 2.98. The first-order valence-electron chi connectivity index (χ1n) is 12.1. The summed E-state index contributed by atoms with van der Waals surface area (Å²) in [7, 11) is 0. The molecule has 1 aliphatic heterocycles. The van der Waals surface area contributed by atoms with E-state index in [9.17, 15) is 0 Å². The molecule has 1 aliphatic rings. The summed E-state index contributed by atoms with van der Waals surface area (Å²) in [4.78, 5) is 14.6. The SMILES string of the molecule is Clc1ccccc1N1CCN(c2nc(-c3ccc(Oc4ccccc4)cc3)nc3ccccc23)CC1. The summed E-state index contributed by atoms with van der Waals surface area (Å²) in [5, 5.41) is 1.86. The van der Waals surface area contributed by atoms with Gasteiger partial charge in [0.15, 0.2) is 5.82 Å². The molecule has 0 aliphatic carbocycles. The van der Waals surface area contributed by atoms with Crippen LogP contribution in [0.15, 0.2) is 103 Å². The number of piperazine rings is 1. The van der Waals surface area contributed by atoms with Crippen molar-refractivity contribution in [2.24, 2.45) is 0 Å². The fourth-order valence-electron chi connectivity index (χ4n) is 4.59. The normalized spacial score (nSPS) is 13.7. The Labute approximate surface area is 215 Å². The molecule has 5 aromatic rings. The Bertz CT molecular complexity index is 1480. The zero-order chi connectivity index (χ0) is 24.3. The van der Waals surface area contributed by atoms with Crippen LogP contribution in [0.5, 0.6) is 11.5 Å². The van der Waals surface area contributed by atoms with E-state index in [2.05, 4.69) is 28.0 Å². The molecule has 0 saturated carbocycles. The Balaban J connectivity index is 1.27. The maximum atomic E-state index is 6.45. The number of para-hydroxylation sites is 3. The summed E-state index contributed by atoms with van der Waals surface area (Å²) < 4.78 is 5.95. The Kier molecular flexibility index (Phi) is 6.14. The van der Waals surface area contributed by atoms with E-state index in [-0.39, 0.29) is 0 Å². The largest absolute Gasteiger partial charge is 0.457 e. The van der Waals surface area contributed by atoms with Gasteiger partial charge in [0.05, 0.1) is 16.2 Å². The van der Waals surface area contributed by atoms with Crippen LogP contribution in [0, 0.1) is 0 Å². The molecule has 0 amide bonds. The van der Waals surface area contributed by atoms with Crippen molar-refractivity contribution in [3.63, 3.8) is 0 Å². The molecule has 0 spiro atoms. The Morgan fingerprint density at radius 1 is 0.611 bits per heavy atom. The van der Waals surface area contributed by atoms with Crippen LogP contribution in [0.2, 0.25) is 5.02 Å². The Hall–Kier alpha value is -4.09. The number of nitrogens with zero attached hydrogens (tertiary/aromatic N) is 4. The third-order valence-corrected chi connectivity index (χ3v) is 6.77. The average Bonchev–Trinajstić information content (AvgIpc) is 2.94. The first kappa shape index (κ1) is 22.4. The van der Waals surface area contributed by atoms with Crippen LogP contribution in [-0.2, 0) is 0 Å². The Morgan fingerprint density at radius 2 is 1.25 bits per heavy atom. The molecule has 6 rings (SSSR count). The lowest BCUT2D eigenvalue weighted by Gasteiger charge is -2.37. The smallest absolute Gasteiger partial charge is 0.162 e. The molecule has 1 fully saturated rings. The lowest BCUT2D eigenvalue weighted by atomic mass is 10.1. The highest BCUT2D eigenvalue weighted by Gasteiger charge is 2.22. The molecule has 0 unspecified atom stereocenters. The summed E-state index contributed by atoms with van der Waals surface area (Å²) in [6, 6.07) is 34.0. The van der Waals surface area contributed by atoms with Gasteiger partial charge in [-0.3, -0.25) is 0 Å². The highest BCUT2D eigenvalue weighted by atomic mass is 35.5. The first-order valence-corrected chi connectivity index (χ1v) is 12.5. The third kappa shape index (κ3) is 4.58. The maximum absolute atomic E-state index is 6.45. The van der Waals surface area contributed by atoms with Crippen LogP contribution >= 0.6 is 11.6 Å². The standard InChI is InChI=1S/C30H25ClN4O/c31-26-11-5-7-13-28(26)34-18-20-35(21-19-34)30-25-10-4-6-12-27(25)32-29(33-30)22-14-16-24(17-15-22)36-23-8-2-1-3-9-23/h1-17H,18-21H2. The highest BCUT2D eigenvalue weighted by molar-refractivity contribution is 6.33. The molecule has 4 aromatic carbocycles. The second-order valence-electron chi connectivity index (χ2n) is 8.75. The summed E-state index contributed by atoms with van der Waals surface area (Å²) in [5.74, 6) is 3.27. The Morgan fingerprint density at radius 3 is 2.03 bits per heavy atom. The zero-order valence-corrected chi connectivity index (χ0v) is 20.5. The van der Waals surface area contributed by atoms with E-state index in [1.165, 1.54) is 0 Å². The summed E-state index contributed by atoms with van der Waals surface area (Å²) in [6.45, 7) is 3.47. The molecular weight excluding hydrogens is 468 g/mol. The minimum absolute atomic E-state index is 0.712. The second kappa shape index (κ2) is 9.88. The van der Waals surface area contributed by atoms with Crippen molar-refractivity contribution in [3.05, 3.63) is 108 Å². The van der Waals surface area contributed by atoms with Crippen LogP contribution in [-0.4, -0.2) is 36.1 Å². The van der Waals surface area contributed by atoms with Gasteiger partial charge in [-0.25, -0.2) is 9.97 Å². The fraction of sp³-hybridized carbons (Fsp3) is 0.133. The molecule has 0 atom stereocenters. The highest BCUT2D eigenvalue weighted by Crippen LogP contribution is 2.31. The van der Waals surface area contributed by atoms with Gasteiger partial charge in [-0.05, 0) is 60.7 Å².